The Morgan fingerprint density at radius 1 is 1.50 bits per heavy atom. The molecule has 86 valence electrons. The van der Waals surface area contributed by atoms with Crippen molar-refractivity contribution in [2.75, 3.05) is 0 Å². The molecule has 0 saturated heterocycles. The normalized spacial score (nSPS) is 23.8. The van der Waals surface area contributed by atoms with Gasteiger partial charge in [-0.25, -0.2) is 0 Å². The first-order valence-electron chi connectivity index (χ1n) is 5.56. The summed E-state index contributed by atoms with van der Waals surface area (Å²) < 4.78 is 6.90. The number of benzene rings is 1. The first-order valence-corrected chi connectivity index (χ1v) is 6.35. The molecule has 1 unspecified atom stereocenters. The van der Waals surface area contributed by atoms with Crippen LogP contribution in [0.5, 0.6) is 5.75 Å². The molecule has 3 heteroatoms. The number of carbonyl (C=O) groups is 1. The summed E-state index contributed by atoms with van der Waals surface area (Å²) in [7, 11) is 0. The molecule has 1 aromatic carbocycles. The van der Waals surface area contributed by atoms with Crippen LogP contribution in [0.4, 0.5) is 0 Å². The number of rotatable bonds is 2. The third-order valence-electron chi connectivity index (χ3n) is 2.91. The van der Waals surface area contributed by atoms with Gasteiger partial charge in [0.1, 0.15) is 11.4 Å². The summed E-state index contributed by atoms with van der Waals surface area (Å²) in [5, 5.41) is 0. The summed E-state index contributed by atoms with van der Waals surface area (Å²) in [4.78, 5) is 12.0. The Labute approximate surface area is 104 Å². The van der Waals surface area contributed by atoms with Crippen LogP contribution in [0.15, 0.2) is 22.7 Å². The van der Waals surface area contributed by atoms with E-state index in [0.717, 1.165) is 17.3 Å². The van der Waals surface area contributed by atoms with Crippen LogP contribution in [0.2, 0.25) is 0 Å². The molecule has 0 amide bonds. The van der Waals surface area contributed by atoms with Gasteiger partial charge in [-0.05, 0) is 31.5 Å². The van der Waals surface area contributed by atoms with Gasteiger partial charge in [0.2, 0.25) is 0 Å². The number of hydrogen-bond donors (Lipinski definition) is 0. The van der Waals surface area contributed by atoms with E-state index in [4.69, 9.17) is 4.74 Å². The maximum atomic E-state index is 12.0. The van der Waals surface area contributed by atoms with Crippen LogP contribution in [-0.4, -0.2) is 11.4 Å². The highest BCUT2D eigenvalue weighted by Gasteiger charge is 2.35. The van der Waals surface area contributed by atoms with Crippen LogP contribution in [0.1, 0.15) is 43.5 Å². The maximum Gasteiger partial charge on any atom is 0.170 e. The lowest BCUT2D eigenvalue weighted by Crippen LogP contribution is -2.38. The predicted molar refractivity (Wildman–Crippen MR) is 67.0 cm³/mol. The second-order valence-corrected chi connectivity index (χ2v) is 5.46. The van der Waals surface area contributed by atoms with Crippen LogP contribution < -0.4 is 4.74 Å². The van der Waals surface area contributed by atoms with Gasteiger partial charge in [-0.2, -0.15) is 0 Å². The summed E-state index contributed by atoms with van der Waals surface area (Å²) in [6.07, 6.45) is 2.41. The minimum atomic E-state index is -0.334. The predicted octanol–water partition coefficient (Wildman–Crippen LogP) is 3.97. The van der Waals surface area contributed by atoms with Gasteiger partial charge in [-0.3, -0.25) is 4.79 Å². The molecular weight excluding hydrogens is 268 g/mol. The average Bonchev–Trinajstić information content (AvgIpc) is 2.15. The van der Waals surface area contributed by atoms with Crippen LogP contribution in [0, 0.1) is 0 Å². The van der Waals surface area contributed by atoms with E-state index in [-0.39, 0.29) is 11.4 Å². The summed E-state index contributed by atoms with van der Waals surface area (Å²) in [6, 6.07) is 5.58. The van der Waals surface area contributed by atoms with Crippen molar-refractivity contribution in [2.24, 2.45) is 0 Å². The Hall–Kier alpha value is -0.830. The fourth-order valence-electron chi connectivity index (χ4n) is 2.22. The smallest absolute Gasteiger partial charge is 0.170 e. The largest absolute Gasteiger partial charge is 0.486 e. The van der Waals surface area contributed by atoms with Crippen molar-refractivity contribution in [3.05, 3.63) is 28.2 Å². The Morgan fingerprint density at radius 3 is 2.94 bits per heavy atom. The minimum absolute atomic E-state index is 0.185. The zero-order valence-corrected chi connectivity index (χ0v) is 11.1. The highest BCUT2D eigenvalue weighted by atomic mass is 79.9. The lowest BCUT2D eigenvalue weighted by atomic mass is 9.88. The highest BCUT2D eigenvalue weighted by Crippen LogP contribution is 2.37. The second-order valence-electron chi connectivity index (χ2n) is 4.54. The van der Waals surface area contributed by atoms with Crippen LogP contribution in [-0.2, 0) is 0 Å². The number of fused-ring (bicyclic) bond motifs is 1. The second kappa shape index (κ2) is 4.21. The van der Waals surface area contributed by atoms with Crippen LogP contribution >= 0.6 is 15.9 Å². The molecule has 0 N–H and O–H groups in total. The van der Waals surface area contributed by atoms with Crippen molar-refractivity contribution in [1.82, 2.24) is 0 Å². The molecule has 1 aliphatic rings. The van der Waals surface area contributed by atoms with Crippen molar-refractivity contribution in [1.29, 1.82) is 0 Å². The van der Waals surface area contributed by atoms with Gasteiger partial charge >= 0.3 is 0 Å². The molecule has 0 aromatic heterocycles. The molecule has 0 saturated carbocycles. The summed E-state index contributed by atoms with van der Waals surface area (Å²) in [5.74, 6) is 0.895. The molecule has 0 aliphatic carbocycles. The van der Waals surface area contributed by atoms with Gasteiger partial charge in [-0.1, -0.05) is 29.3 Å². The fraction of sp³-hybridized carbons (Fsp3) is 0.462. The molecule has 2 rings (SSSR count). The molecule has 1 aromatic rings. The molecule has 1 aliphatic heterocycles. The zero-order chi connectivity index (χ0) is 11.8. The standard InChI is InChI=1S/C13H15BrO2/c1-3-6-13(2)8-11(15)10-5-4-9(14)7-12(10)16-13/h4-5,7H,3,6,8H2,1-2H3. The van der Waals surface area contributed by atoms with Crippen molar-refractivity contribution in [2.45, 2.75) is 38.7 Å². The Balaban J connectivity index is 2.38. The molecule has 1 heterocycles. The van der Waals surface area contributed by atoms with E-state index < -0.39 is 0 Å². The molecule has 16 heavy (non-hydrogen) atoms. The molecule has 2 nitrogen and oxygen atoms in total. The zero-order valence-electron chi connectivity index (χ0n) is 9.55. The maximum absolute atomic E-state index is 12.0. The van der Waals surface area contributed by atoms with E-state index in [1.165, 1.54) is 0 Å². The Morgan fingerprint density at radius 2 is 2.25 bits per heavy atom. The summed E-state index contributed by atoms with van der Waals surface area (Å²) in [6.45, 7) is 4.12. The van der Waals surface area contributed by atoms with Crippen molar-refractivity contribution >= 4 is 21.7 Å². The third-order valence-corrected chi connectivity index (χ3v) is 3.41. The third kappa shape index (κ3) is 2.14. The van der Waals surface area contributed by atoms with E-state index in [2.05, 4.69) is 22.9 Å². The van der Waals surface area contributed by atoms with Crippen molar-refractivity contribution in [3.8, 4) is 5.75 Å². The molecule has 0 bridgehead atoms. The quantitative estimate of drug-likeness (QED) is 0.820. The van der Waals surface area contributed by atoms with Crippen molar-refractivity contribution in [3.63, 3.8) is 0 Å². The minimum Gasteiger partial charge on any atom is -0.486 e. The average molecular weight is 283 g/mol. The van der Waals surface area contributed by atoms with E-state index in [1.54, 1.807) is 0 Å². The number of hydrogen-bond acceptors (Lipinski definition) is 2. The monoisotopic (exact) mass is 282 g/mol. The van der Waals surface area contributed by atoms with Crippen molar-refractivity contribution < 1.29 is 9.53 Å². The fourth-order valence-corrected chi connectivity index (χ4v) is 2.56. The van der Waals surface area contributed by atoms with Gasteiger partial charge in [0.15, 0.2) is 5.78 Å². The van der Waals surface area contributed by atoms with Gasteiger partial charge in [0.05, 0.1) is 12.0 Å². The number of ether oxygens (including phenoxy) is 1. The molecule has 0 fully saturated rings. The number of Topliss-reactive ketones (excluding diaryl/α,β-unsaturated/α-hetero) is 1. The van der Waals surface area contributed by atoms with Crippen LogP contribution in [0.3, 0.4) is 0 Å². The van der Waals surface area contributed by atoms with Gasteiger partial charge in [0, 0.05) is 4.47 Å². The van der Waals surface area contributed by atoms with E-state index >= 15 is 0 Å². The SMILES string of the molecule is CCCC1(C)CC(=O)c2ccc(Br)cc2O1. The first-order chi connectivity index (χ1) is 7.54. The van der Waals surface area contributed by atoms with Gasteiger partial charge in [-0.15, -0.1) is 0 Å². The summed E-state index contributed by atoms with van der Waals surface area (Å²) in [5.41, 5.74) is 0.372. The van der Waals surface area contributed by atoms with E-state index in [1.807, 2.05) is 25.1 Å². The Kier molecular flexibility index (Phi) is 3.06. The topological polar surface area (TPSA) is 26.3 Å². The van der Waals surface area contributed by atoms with Crippen LogP contribution in [0.25, 0.3) is 0 Å². The first kappa shape index (κ1) is 11.6. The molecule has 1 atom stereocenters. The molecular formula is C13H15BrO2. The highest BCUT2D eigenvalue weighted by molar-refractivity contribution is 9.10. The number of carbonyl (C=O) groups excluding carboxylic acids is 1. The lowest BCUT2D eigenvalue weighted by Gasteiger charge is -2.34. The van der Waals surface area contributed by atoms with E-state index in [0.29, 0.717) is 17.7 Å². The molecule has 0 radical (unpaired) electrons. The summed E-state index contributed by atoms with van der Waals surface area (Å²) >= 11 is 3.40. The lowest BCUT2D eigenvalue weighted by molar-refractivity contribution is 0.0465. The van der Waals surface area contributed by atoms with Gasteiger partial charge in [0.25, 0.3) is 0 Å². The Bertz CT molecular complexity index is 428. The number of ketones is 1. The number of halogens is 1. The van der Waals surface area contributed by atoms with E-state index in [9.17, 15) is 4.79 Å². The van der Waals surface area contributed by atoms with Gasteiger partial charge < -0.3 is 4.74 Å². The molecule has 0 spiro atoms.